The SMILES string of the molecule is CC(C)Cc1ccc(S(=O)(=O)N/N=C\c2cc3c(cc2Br)OCO3)cc1. The lowest BCUT2D eigenvalue weighted by molar-refractivity contribution is 0.174. The highest BCUT2D eigenvalue weighted by molar-refractivity contribution is 9.10. The fourth-order valence-electron chi connectivity index (χ4n) is 2.53. The molecule has 8 heteroatoms. The highest BCUT2D eigenvalue weighted by Crippen LogP contribution is 2.36. The van der Waals surface area contributed by atoms with E-state index in [2.05, 4.69) is 39.7 Å². The lowest BCUT2D eigenvalue weighted by Crippen LogP contribution is -2.18. The molecule has 0 bridgehead atoms. The van der Waals surface area contributed by atoms with Crippen molar-refractivity contribution in [1.82, 2.24) is 4.83 Å². The largest absolute Gasteiger partial charge is 0.454 e. The predicted molar refractivity (Wildman–Crippen MR) is 103 cm³/mol. The molecule has 0 saturated heterocycles. The van der Waals surface area contributed by atoms with Crippen molar-refractivity contribution in [1.29, 1.82) is 0 Å². The fourth-order valence-corrected chi connectivity index (χ4v) is 3.74. The molecule has 3 rings (SSSR count). The maximum atomic E-state index is 12.3. The molecule has 1 N–H and O–H groups in total. The quantitative estimate of drug-likeness (QED) is 0.550. The van der Waals surface area contributed by atoms with E-state index >= 15 is 0 Å². The van der Waals surface area contributed by atoms with Crippen LogP contribution in [0.1, 0.15) is 25.0 Å². The average molecular weight is 439 g/mol. The third-order valence-electron chi connectivity index (χ3n) is 3.75. The molecule has 0 fully saturated rings. The Labute approximate surface area is 161 Å². The van der Waals surface area contributed by atoms with E-state index in [1.54, 1.807) is 24.3 Å². The lowest BCUT2D eigenvalue weighted by atomic mass is 10.0. The zero-order valence-corrected chi connectivity index (χ0v) is 16.8. The van der Waals surface area contributed by atoms with Crippen LogP contribution < -0.4 is 14.3 Å². The van der Waals surface area contributed by atoms with Crippen molar-refractivity contribution in [2.75, 3.05) is 6.79 Å². The molecule has 138 valence electrons. The van der Waals surface area contributed by atoms with Crippen LogP contribution in [-0.4, -0.2) is 21.4 Å². The number of benzene rings is 2. The Kier molecular flexibility index (Phi) is 5.52. The van der Waals surface area contributed by atoms with Crippen LogP contribution in [0, 0.1) is 5.92 Å². The lowest BCUT2D eigenvalue weighted by Gasteiger charge is -2.07. The van der Waals surface area contributed by atoms with Crippen LogP contribution in [0.15, 0.2) is 50.9 Å². The normalized spacial score (nSPS) is 13.5. The first-order valence-corrected chi connectivity index (χ1v) is 10.4. The molecule has 0 radical (unpaired) electrons. The number of halogens is 1. The minimum absolute atomic E-state index is 0.168. The highest BCUT2D eigenvalue weighted by Gasteiger charge is 2.16. The van der Waals surface area contributed by atoms with Crippen LogP contribution >= 0.6 is 15.9 Å². The Bertz CT molecular complexity index is 925. The van der Waals surface area contributed by atoms with Crippen LogP contribution in [-0.2, 0) is 16.4 Å². The van der Waals surface area contributed by atoms with Gasteiger partial charge in [0, 0.05) is 10.0 Å². The first kappa shape index (κ1) is 18.7. The maximum Gasteiger partial charge on any atom is 0.276 e. The van der Waals surface area contributed by atoms with Gasteiger partial charge < -0.3 is 9.47 Å². The third-order valence-corrected chi connectivity index (χ3v) is 5.67. The summed E-state index contributed by atoms with van der Waals surface area (Å²) in [5.41, 5.74) is 1.77. The molecule has 0 saturated carbocycles. The van der Waals surface area contributed by atoms with Gasteiger partial charge in [-0.2, -0.15) is 13.5 Å². The summed E-state index contributed by atoms with van der Waals surface area (Å²) in [5, 5.41) is 3.86. The van der Waals surface area contributed by atoms with E-state index in [0.29, 0.717) is 23.0 Å². The first-order chi connectivity index (χ1) is 12.3. The van der Waals surface area contributed by atoms with Gasteiger partial charge in [-0.1, -0.05) is 26.0 Å². The van der Waals surface area contributed by atoms with Crippen molar-refractivity contribution >= 4 is 32.2 Å². The van der Waals surface area contributed by atoms with Gasteiger partial charge in [0.25, 0.3) is 10.0 Å². The van der Waals surface area contributed by atoms with Crippen molar-refractivity contribution in [3.8, 4) is 11.5 Å². The summed E-state index contributed by atoms with van der Waals surface area (Å²) in [6.07, 6.45) is 2.32. The zero-order chi connectivity index (χ0) is 18.7. The van der Waals surface area contributed by atoms with Gasteiger partial charge in [-0.15, -0.1) is 0 Å². The molecule has 1 aliphatic rings. The number of ether oxygens (including phenoxy) is 2. The first-order valence-electron chi connectivity index (χ1n) is 8.08. The van der Waals surface area contributed by atoms with Crippen LogP contribution in [0.25, 0.3) is 0 Å². The second-order valence-electron chi connectivity index (χ2n) is 6.32. The van der Waals surface area contributed by atoms with E-state index in [1.807, 2.05) is 12.1 Å². The molecule has 1 aliphatic heterocycles. The number of nitrogens with one attached hydrogen (secondary N) is 1. The third kappa shape index (κ3) is 4.37. The summed E-state index contributed by atoms with van der Waals surface area (Å²) in [6, 6.07) is 10.3. The van der Waals surface area contributed by atoms with Crippen molar-refractivity contribution < 1.29 is 17.9 Å². The van der Waals surface area contributed by atoms with Crippen LogP contribution in [0.4, 0.5) is 0 Å². The van der Waals surface area contributed by atoms with Crippen molar-refractivity contribution in [3.05, 3.63) is 52.0 Å². The standard InChI is InChI=1S/C18H19BrN2O4S/c1-12(2)7-13-3-5-15(6-4-13)26(22,23)21-20-10-14-8-17-18(9-16(14)19)25-11-24-17/h3-6,8-10,12,21H,7,11H2,1-2H3/b20-10-. The Balaban J connectivity index is 1.71. The van der Waals surface area contributed by atoms with Crippen molar-refractivity contribution in [2.24, 2.45) is 11.0 Å². The monoisotopic (exact) mass is 438 g/mol. The molecule has 26 heavy (non-hydrogen) atoms. The summed E-state index contributed by atoms with van der Waals surface area (Å²) in [7, 11) is -3.72. The van der Waals surface area contributed by atoms with E-state index in [9.17, 15) is 8.42 Å². The van der Waals surface area contributed by atoms with Crippen molar-refractivity contribution in [3.63, 3.8) is 0 Å². The van der Waals surface area contributed by atoms with E-state index in [-0.39, 0.29) is 11.7 Å². The molecule has 0 spiro atoms. The summed E-state index contributed by atoms with van der Waals surface area (Å²) >= 11 is 3.40. The van der Waals surface area contributed by atoms with Crippen molar-refractivity contribution in [2.45, 2.75) is 25.2 Å². The minimum atomic E-state index is -3.72. The summed E-state index contributed by atoms with van der Waals surface area (Å²) in [5.74, 6) is 1.75. The van der Waals surface area contributed by atoms with Gasteiger partial charge in [-0.3, -0.25) is 0 Å². The number of hydrogen-bond acceptors (Lipinski definition) is 5. The molecule has 0 aliphatic carbocycles. The number of nitrogens with zero attached hydrogens (tertiary/aromatic N) is 1. The molecular formula is C18H19BrN2O4S. The van der Waals surface area contributed by atoms with E-state index in [4.69, 9.17) is 9.47 Å². The zero-order valence-electron chi connectivity index (χ0n) is 14.4. The molecule has 0 amide bonds. The summed E-state index contributed by atoms with van der Waals surface area (Å²) in [4.78, 5) is 2.40. The summed E-state index contributed by atoms with van der Waals surface area (Å²) in [6.45, 7) is 4.41. The molecule has 2 aromatic rings. The van der Waals surface area contributed by atoms with Gasteiger partial charge in [0.2, 0.25) is 6.79 Å². The van der Waals surface area contributed by atoms with Gasteiger partial charge in [0.05, 0.1) is 11.1 Å². The number of hydrogen-bond donors (Lipinski definition) is 1. The number of sulfonamides is 1. The second kappa shape index (κ2) is 7.67. The Morgan fingerprint density at radius 3 is 2.50 bits per heavy atom. The topological polar surface area (TPSA) is 77.0 Å². The predicted octanol–water partition coefficient (Wildman–Crippen LogP) is 3.69. The molecular weight excluding hydrogens is 420 g/mol. The van der Waals surface area contributed by atoms with Gasteiger partial charge >= 0.3 is 0 Å². The second-order valence-corrected chi connectivity index (χ2v) is 8.84. The molecule has 0 unspecified atom stereocenters. The molecule has 6 nitrogen and oxygen atoms in total. The molecule has 1 heterocycles. The van der Waals surface area contributed by atoms with Gasteiger partial charge in [0.15, 0.2) is 11.5 Å². The van der Waals surface area contributed by atoms with E-state index in [1.165, 1.54) is 6.21 Å². The van der Waals surface area contributed by atoms with Crippen LogP contribution in [0.3, 0.4) is 0 Å². The average Bonchev–Trinajstić information content (AvgIpc) is 3.02. The Morgan fingerprint density at radius 2 is 1.85 bits per heavy atom. The number of hydrazone groups is 1. The highest BCUT2D eigenvalue weighted by atomic mass is 79.9. The minimum Gasteiger partial charge on any atom is -0.454 e. The fraction of sp³-hybridized carbons (Fsp3) is 0.278. The maximum absolute atomic E-state index is 12.3. The van der Waals surface area contributed by atoms with Gasteiger partial charge in [-0.25, -0.2) is 4.83 Å². The van der Waals surface area contributed by atoms with Gasteiger partial charge in [-0.05, 0) is 58.1 Å². The summed E-state index contributed by atoms with van der Waals surface area (Å²) < 4.78 is 36.0. The van der Waals surface area contributed by atoms with Crippen LogP contribution in [0.2, 0.25) is 0 Å². The Hall–Kier alpha value is -2.06. The van der Waals surface area contributed by atoms with Gasteiger partial charge in [0.1, 0.15) is 0 Å². The number of rotatable bonds is 6. The number of fused-ring (bicyclic) bond motifs is 1. The molecule has 2 aromatic carbocycles. The smallest absolute Gasteiger partial charge is 0.276 e. The van der Waals surface area contributed by atoms with E-state index in [0.717, 1.165) is 16.5 Å². The molecule has 0 aromatic heterocycles. The van der Waals surface area contributed by atoms with E-state index < -0.39 is 10.0 Å². The van der Waals surface area contributed by atoms with Crippen LogP contribution in [0.5, 0.6) is 11.5 Å². The Morgan fingerprint density at radius 1 is 1.19 bits per heavy atom. The molecule has 0 atom stereocenters.